The Kier molecular flexibility index (Phi) is 6.73. The van der Waals surface area contributed by atoms with Crippen LogP contribution in [0.15, 0.2) is 42.5 Å². The van der Waals surface area contributed by atoms with Gasteiger partial charge in [0.05, 0.1) is 18.0 Å². The number of likely N-dealkylation sites (N-methyl/N-ethyl adjacent to an activating group) is 1. The van der Waals surface area contributed by atoms with E-state index in [1.54, 1.807) is 12.1 Å². The Morgan fingerprint density at radius 1 is 1.15 bits per heavy atom. The number of nitrogens with one attached hydrogen (secondary N) is 2. The molecule has 0 saturated carbocycles. The monoisotopic (exact) mass is 390 g/mol. The first-order valence-electron chi connectivity index (χ1n) is 8.04. The molecule has 2 amide bonds. The number of nitro benzene ring substituents is 1. The van der Waals surface area contributed by atoms with Crippen LogP contribution in [0.3, 0.4) is 0 Å². The van der Waals surface area contributed by atoms with E-state index in [-0.39, 0.29) is 35.6 Å². The van der Waals surface area contributed by atoms with Gasteiger partial charge in [-0.1, -0.05) is 29.3 Å². The molecule has 0 radical (unpaired) electrons. The number of aryl methyl sites for hydroxylation is 1. The zero-order valence-corrected chi connectivity index (χ0v) is 15.6. The van der Waals surface area contributed by atoms with Crippen LogP contribution in [0.1, 0.15) is 5.56 Å². The maximum Gasteiger partial charge on any atom is 0.289 e. The molecule has 0 aromatic heterocycles. The Labute approximate surface area is 161 Å². The van der Waals surface area contributed by atoms with Crippen LogP contribution in [0.2, 0.25) is 5.02 Å². The van der Waals surface area contributed by atoms with Crippen LogP contribution < -0.4 is 10.6 Å². The van der Waals surface area contributed by atoms with Gasteiger partial charge in [0.2, 0.25) is 11.8 Å². The number of amides is 2. The predicted octanol–water partition coefficient (Wildman–Crippen LogP) is 3.07. The molecular formula is C18H19ClN4O4. The Morgan fingerprint density at radius 3 is 2.41 bits per heavy atom. The van der Waals surface area contributed by atoms with E-state index in [2.05, 4.69) is 10.6 Å². The Morgan fingerprint density at radius 2 is 1.78 bits per heavy atom. The van der Waals surface area contributed by atoms with Crippen molar-refractivity contribution in [3.8, 4) is 0 Å². The quantitative estimate of drug-likeness (QED) is 0.558. The third-order valence-corrected chi connectivity index (χ3v) is 4.05. The molecule has 0 fully saturated rings. The predicted molar refractivity (Wildman–Crippen MR) is 104 cm³/mol. The minimum absolute atomic E-state index is 0.0155. The fourth-order valence-corrected chi connectivity index (χ4v) is 2.40. The molecule has 9 heteroatoms. The van der Waals surface area contributed by atoms with Crippen molar-refractivity contribution < 1.29 is 14.5 Å². The van der Waals surface area contributed by atoms with Crippen LogP contribution in [-0.4, -0.2) is 41.8 Å². The van der Waals surface area contributed by atoms with Crippen molar-refractivity contribution >= 4 is 40.5 Å². The topological polar surface area (TPSA) is 105 Å². The molecule has 8 nitrogen and oxygen atoms in total. The minimum Gasteiger partial charge on any atom is -0.376 e. The second-order valence-corrected chi connectivity index (χ2v) is 6.35. The molecule has 2 aromatic rings. The van der Waals surface area contributed by atoms with E-state index >= 15 is 0 Å². The normalized spacial score (nSPS) is 10.2. The van der Waals surface area contributed by atoms with Gasteiger partial charge in [-0.3, -0.25) is 19.7 Å². The SMILES string of the molecule is Cc1ccc(NC(=O)CN(C)C(=O)CNc2ccc(Cl)c([N+](=O)[O-])c2)cc1. The summed E-state index contributed by atoms with van der Waals surface area (Å²) >= 11 is 5.75. The summed E-state index contributed by atoms with van der Waals surface area (Å²) in [6.07, 6.45) is 0. The zero-order chi connectivity index (χ0) is 20.0. The van der Waals surface area contributed by atoms with E-state index < -0.39 is 4.92 Å². The molecular weight excluding hydrogens is 372 g/mol. The number of carbonyl (C=O) groups is 2. The van der Waals surface area contributed by atoms with Crippen molar-refractivity contribution in [2.24, 2.45) is 0 Å². The van der Waals surface area contributed by atoms with Crippen molar-refractivity contribution in [1.82, 2.24) is 4.90 Å². The summed E-state index contributed by atoms with van der Waals surface area (Å²) in [5.41, 5.74) is 1.86. The number of nitro groups is 1. The van der Waals surface area contributed by atoms with Crippen LogP contribution in [0.5, 0.6) is 0 Å². The molecule has 142 valence electrons. The number of halogens is 1. The van der Waals surface area contributed by atoms with E-state index in [1.165, 1.54) is 30.1 Å². The summed E-state index contributed by atoms with van der Waals surface area (Å²) in [5.74, 6) is -0.663. The highest BCUT2D eigenvalue weighted by molar-refractivity contribution is 6.32. The number of anilines is 2. The maximum absolute atomic E-state index is 12.2. The average molecular weight is 391 g/mol. The van der Waals surface area contributed by atoms with Gasteiger partial charge in [-0.25, -0.2) is 0 Å². The number of hydrogen-bond donors (Lipinski definition) is 2. The summed E-state index contributed by atoms with van der Waals surface area (Å²) < 4.78 is 0. The molecule has 0 aliphatic rings. The molecule has 2 N–H and O–H groups in total. The zero-order valence-electron chi connectivity index (χ0n) is 14.9. The number of benzene rings is 2. The van der Waals surface area contributed by atoms with Crippen molar-refractivity contribution in [3.05, 3.63) is 63.2 Å². The van der Waals surface area contributed by atoms with Crippen LogP contribution in [0.4, 0.5) is 17.1 Å². The van der Waals surface area contributed by atoms with E-state index in [0.717, 1.165) is 5.56 Å². The molecule has 2 aromatic carbocycles. The van der Waals surface area contributed by atoms with Crippen molar-refractivity contribution in [1.29, 1.82) is 0 Å². The third kappa shape index (κ3) is 5.96. The second-order valence-electron chi connectivity index (χ2n) is 5.94. The van der Waals surface area contributed by atoms with Crippen molar-refractivity contribution in [2.45, 2.75) is 6.92 Å². The van der Waals surface area contributed by atoms with Crippen LogP contribution in [0, 0.1) is 17.0 Å². The van der Waals surface area contributed by atoms with Crippen LogP contribution >= 0.6 is 11.6 Å². The molecule has 0 aliphatic carbocycles. The lowest BCUT2D eigenvalue weighted by molar-refractivity contribution is -0.384. The first-order chi connectivity index (χ1) is 12.8. The van der Waals surface area contributed by atoms with Crippen LogP contribution in [-0.2, 0) is 9.59 Å². The van der Waals surface area contributed by atoms with E-state index in [9.17, 15) is 19.7 Å². The molecule has 2 rings (SSSR count). The summed E-state index contributed by atoms with van der Waals surface area (Å²) in [6, 6.07) is 11.5. The summed E-state index contributed by atoms with van der Waals surface area (Å²) in [6.45, 7) is 1.71. The molecule has 0 heterocycles. The van der Waals surface area contributed by atoms with Crippen molar-refractivity contribution in [3.63, 3.8) is 0 Å². The van der Waals surface area contributed by atoms with E-state index in [0.29, 0.717) is 11.4 Å². The molecule has 0 unspecified atom stereocenters. The number of carbonyl (C=O) groups excluding carboxylic acids is 2. The van der Waals surface area contributed by atoms with E-state index in [1.807, 2.05) is 19.1 Å². The van der Waals surface area contributed by atoms with Gasteiger partial charge in [-0.05, 0) is 31.2 Å². The molecule has 0 spiro atoms. The molecule has 0 saturated heterocycles. The first-order valence-corrected chi connectivity index (χ1v) is 8.42. The van der Waals surface area contributed by atoms with Gasteiger partial charge < -0.3 is 15.5 Å². The lowest BCUT2D eigenvalue weighted by Crippen LogP contribution is -2.38. The van der Waals surface area contributed by atoms with Gasteiger partial charge in [-0.2, -0.15) is 0 Å². The summed E-state index contributed by atoms with van der Waals surface area (Å²) in [4.78, 5) is 35.7. The largest absolute Gasteiger partial charge is 0.376 e. The highest BCUT2D eigenvalue weighted by Crippen LogP contribution is 2.27. The highest BCUT2D eigenvalue weighted by Gasteiger charge is 2.15. The fourth-order valence-electron chi connectivity index (χ4n) is 2.22. The average Bonchev–Trinajstić information content (AvgIpc) is 2.62. The van der Waals surface area contributed by atoms with Crippen LogP contribution in [0.25, 0.3) is 0 Å². The van der Waals surface area contributed by atoms with Crippen molar-refractivity contribution in [2.75, 3.05) is 30.8 Å². The Hall–Kier alpha value is -3.13. The molecule has 0 bridgehead atoms. The maximum atomic E-state index is 12.2. The first kappa shape index (κ1) is 20.2. The smallest absolute Gasteiger partial charge is 0.289 e. The number of rotatable bonds is 7. The standard InChI is InChI=1S/C18H19ClN4O4/c1-12-3-5-13(6-4-12)21-17(24)11-22(2)18(25)10-20-14-7-8-15(19)16(9-14)23(26)27/h3-9,20H,10-11H2,1-2H3,(H,21,24). The number of nitrogens with zero attached hydrogens (tertiary/aromatic N) is 2. The van der Waals surface area contributed by atoms with Gasteiger partial charge in [-0.15, -0.1) is 0 Å². The van der Waals surface area contributed by atoms with Gasteiger partial charge in [0, 0.05) is 24.5 Å². The van der Waals surface area contributed by atoms with E-state index in [4.69, 9.17) is 11.6 Å². The summed E-state index contributed by atoms with van der Waals surface area (Å²) in [7, 11) is 1.50. The van der Waals surface area contributed by atoms with Gasteiger partial charge in [0.25, 0.3) is 5.69 Å². The highest BCUT2D eigenvalue weighted by atomic mass is 35.5. The molecule has 27 heavy (non-hydrogen) atoms. The molecule has 0 aliphatic heterocycles. The van der Waals surface area contributed by atoms with Gasteiger partial charge in [0.15, 0.2) is 0 Å². The summed E-state index contributed by atoms with van der Waals surface area (Å²) in [5, 5.41) is 16.4. The minimum atomic E-state index is -0.600. The Bertz CT molecular complexity index is 855. The third-order valence-electron chi connectivity index (χ3n) is 3.73. The Balaban J connectivity index is 1.86. The lowest BCUT2D eigenvalue weighted by atomic mass is 10.2. The number of hydrogen-bond acceptors (Lipinski definition) is 5. The second kappa shape index (κ2) is 9.00. The lowest BCUT2D eigenvalue weighted by Gasteiger charge is -2.17. The van der Waals surface area contributed by atoms with Gasteiger partial charge in [0.1, 0.15) is 5.02 Å². The van der Waals surface area contributed by atoms with Gasteiger partial charge >= 0.3 is 0 Å². The fraction of sp³-hybridized carbons (Fsp3) is 0.222. The molecule has 0 atom stereocenters.